The van der Waals surface area contributed by atoms with Gasteiger partial charge < -0.3 is 15.5 Å². The predicted octanol–water partition coefficient (Wildman–Crippen LogP) is 2.60. The largest absolute Gasteiger partial charge is 0.454 e. The Morgan fingerprint density at radius 1 is 1.25 bits per heavy atom. The number of Topliss-reactive ketones (excluding diaryl/α,β-unsaturated/α-hetero) is 2. The van der Waals surface area contributed by atoms with E-state index in [-0.39, 0.29) is 22.7 Å². The third-order valence-corrected chi connectivity index (χ3v) is 3.64. The minimum absolute atomic E-state index is 0.0204. The van der Waals surface area contributed by atoms with E-state index in [0.717, 1.165) is 12.1 Å². The highest BCUT2D eigenvalue weighted by Crippen LogP contribution is 2.19. The van der Waals surface area contributed by atoms with Crippen LogP contribution in [0.4, 0.5) is 10.1 Å². The highest BCUT2D eigenvalue weighted by atomic mass is 19.1. The second-order valence-electron chi connectivity index (χ2n) is 5.41. The van der Waals surface area contributed by atoms with Gasteiger partial charge in [-0.05, 0) is 44.5 Å². The van der Waals surface area contributed by atoms with Crippen LogP contribution < -0.4 is 5.73 Å². The van der Waals surface area contributed by atoms with E-state index in [2.05, 4.69) is 4.98 Å². The number of hydrogen-bond acceptors (Lipinski definition) is 5. The highest BCUT2D eigenvalue weighted by Gasteiger charge is 2.21. The maximum Gasteiger partial charge on any atom is 0.340 e. The van der Waals surface area contributed by atoms with E-state index in [1.54, 1.807) is 13.8 Å². The van der Waals surface area contributed by atoms with Gasteiger partial charge in [-0.3, -0.25) is 9.59 Å². The summed E-state index contributed by atoms with van der Waals surface area (Å²) in [6.45, 7) is 4.22. The first-order valence-corrected chi connectivity index (χ1v) is 7.17. The molecule has 1 heterocycles. The molecule has 0 aliphatic carbocycles. The molecule has 0 fully saturated rings. The average Bonchev–Trinajstić information content (AvgIpc) is 2.79. The molecule has 2 aromatic rings. The summed E-state index contributed by atoms with van der Waals surface area (Å²) in [4.78, 5) is 38.6. The molecule has 0 bridgehead atoms. The number of H-pyrrole nitrogens is 1. The third kappa shape index (κ3) is 3.34. The molecule has 0 saturated carbocycles. The molecule has 0 aliphatic heterocycles. The molecule has 7 heteroatoms. The lowest BCUT2D eigenvalue weighted by atomic mass is 10.1. The quantitative estimate of drug-likeness (QED) is 0.498. The van der Waals surface area contributed by atoms with Crippen LogP contribution in [-0.4, -0.2) is 29.1 Å². The molecular formula is C17H17FN2O4. The van der Waals surface area contributed by atoms with E-state index >= 15 is 0 Å². The van der Waals surface area contributed by atoms with Gasteiger partial charge >= 0.3 is 5.97 Å². The molecule has 0 aliphatic rings. The van der Waals surface area contributed by atoms with Gasteiger partial charge in [0.05, 0.1) is 11.3 Å². The van der Waals surface area contributed by atoms with E-state index in [4.69, 9.17) is 10.5 Å². The number of anilines is 1. The van der Waals surface area contributed by atoms with Crippen LogP contribution in [0, 0.1) is 19.7 Å². The maximum absolute atomic E-state index is 13.0. The topological polar surface area (TPSA) is 102 Å². The summed E-state index contributed by atoms with van der Waals surface area (Å²) in [7, 11) is 0. The molecule has 1 aromatic heterocycles. The van der Waals surface area contributed by atoms with Crippen LogP contribution in [0.3, 0.4) is 0 Å². The van der Waals surface area contributed by atoms with Crippen LogP contribution in [0.25, 0.3) is 0 Å². The Bertz CT molecular complexity index is 839. The number of aryl methyl sites for hydroxylation is 1. The lowest BCUT2D eigenvalue weighted by Gasteiger charge is -2.06. The zero-order valence-corrected chi connectivity index (χ0v) is 13.5. The fourth-order valence-corrected chi connectivity index (χ4v) is 2.56. The van der Waals surface area contributed by atoms with Crippen molar-refractivity contribution in [3.05, 3.63) is 52.1 Å². The van der Waals surface area contributed by atoms with Crippen LogP contribution in [0.15, 0.2) is 18.2 Å². The Morgan fingerprint density at radius 3 is 2.46 bits per heavy atom. The van der Waals surface area contributed by atoms with Gasteiger partial charge in [0.1, 0.15) is 5.82 Å². The Labute approximate surface area is 137 Å². The summed E-state index contributed by atoms with van der Waals surface area (Å²) in [5, 5.41) is 0. The van der Waals surface area contributed by atoms with Crippen LogP contribution in [0.5, 0.6) is 0 Å². The Morgan fingerprint density at radius 2 is 1.92 bits per heavy atom. The predicted molar refractivity (Wildman–Crippen MR) is 85.7 cm³/mol. The number of nitrogen functional groups attached to an aromatic ring is 1. The van der Waals surface area contributed by atoms with Gasteiger partial charge in [-0.15, -0.1) is 0 Å². The molecule has 3 N–H and O–H groups in total. The number of ether oxygens (including phenoxy) is 1. The zero-order valence-electron chi connectivity index (χ0n) is 13.5. The summed E-state index contributed by atoms with van der Waals surface area (Å²) in [5.74, 6) is -2.03. The molecule has 0 atom stereocenters. The Balaban J connectivity index is 2.12. The first kappa shape index (κ1) is 17.4. The molecule has 2 rings (SSSR count). The molecule has 126 valence electrons. The van der Waals surface area contributed by atoms with E-state index in [0.29, 0.717) is 16.8 Å². The van der Waals surface area contributed by atoms with Crippen molar-refractivity contribution >= 4 is 23.2 Å². The normalized spacial score (nSPS) is 10.5. The number of ketones is 2. The minimum atomic E-state index is -0.825. The van der Waals surface area contributed by atoms with Gasteiger partial charge in [0, 0.05) is 16.9 Å². The molecule has 0 spiro atoms. The number of hydrogen-bond donors (Lipinski definition) is 2. The molecule has 24 heavy (non-hydrogen) atoms. The third-order valence-electron chi connectivity index (χ3n) is 3.64. The number of esters is 1. The fraction of sp³-hybridized carbons (Fsp3) is 0.235. The first-order chi connectivity index (χ1) is 11.2. The number of halogens is 1. The van der Waals surface area contributed by atoms with Crippen LogP contribution in [0.1, 0.15) is 49.4 Å². The first-order valence-electron chi connectivity index (χ1n) is 7.17. The molecule has 6 nitrogen and oxygen atoms in total. The van der Waals surface area contributed by atoms with Crippen molar-refractivity contribution in [2.75, 3.05) is 12.3 Å². The lowest BCUT2D eigenvalue weighted by Crippen LogP contribution is -2.16. The molecule has 1 aromatic carbocycles. The summed E-state index contributed by atoms with van der Waals surface area (Å²) in [5.41, 5.74) is 7.23. The summed E-state index contributed by atoms with van der Waals surface area (Å²) in [6, 6.07) is 3.26. The number of nitrogens with two attached hydrogens (primary N) is 1. The van der Waals surface area contributed by atoms with E-state index in [1.807, 2.05) is 0 Å². The van der Waals surface area contributed by atoms with Crippen molar-refractivity contribution in [1.82, 2.24) is 4.98 Å². The fourth-order valence-electron chi connectivity index (χ4n) is 2.56. The van der Waals surface area contributed by atoms with Crippen LogP contribution >= 0.6 is 0 Å². The number of benzene rings is 1. The van der Waals surface area contributed by atoms with Crippen molar-refractivity contribution in [1.29, 1.82) is 0 Å². The van der Waals surface area contributed by atoms with Crippen molar-refractivity contribution in [3.63, 3.8) is 0 Å². The van der Waals surface area contributed by atoms with Crippen molar-refractivity contribution < 1.29 is 23.5 Å². The second-order valence-corrected chi connectivity index (χ2v) is 5.41. The number of rotatable bonds is 5. The monoisotopic (exact) mass is 332 g/mol. The highest BCUT2D eigenvalue weighted by molar-refractivity contribution is 6.04. The van der Waals surface area contributed by atoms with Gasteiger partial charge in [0.15, 0.2) is 12.4 Å². The summed E-state index contributed by atoms with van der Waals surface area (Å²) >= 11 is 0. The van der Waals surface area contributed by atoms with Crippen molar-refractivity contribution in [3.8, 4) is 0 Å². The Hall–Kier alpha value is -2.96. The molecule has 0 radical (unpaired) electrons. The Kier molecular flexibility index (Phi) is 4.82. The van der Waals surface area contributed by atoms with Crippen LogP contribution in [-0.2, 0) is 4.74 Å². The van der Waals surface area contributed by atoms with Gasteiger partial charge in [0.2, 0.25) is 5.78 Å². The molecular weight excluding hydrogens is 315 g/mol. The zero-order chi connectivity index (χ0) is 18.0. The van der Waals surface area contributed by atoms with E-state index in [9.17, 15) is 18.8 Å². The second kappa shape index (κ2) is 6.66. The molecule has 0 saturated heterocycles. The SMILES string of the molecule is CC(=O)c1c(C)[nH]c(C(=O)COC(=O)c2ccc(F)cc2N)c1C. The van der Waals surface area contributed by atoms with Crippen molar-refractivity contribution in [2.24, 2.45) is 0 Å². The van der Waals surface area contributed by atoms with Gasteiger partial charge in [0.25, 0.3) is 0 Å². The average molecular weight is 332 g/mol. The van der Waals surface area contributed by atoms with Gasteiger partial charge in [-0.25, -0.2) is 9.18 Å². The molecule has 0 unspecified atom stereocenters. The number of nitrogens with one attached hydrogen (secondary N) is 1. The number of aromatic amines is 1. The maximum atomic E-state index is 13.0. The van der Waals surface area contributed by atoms with Crippen molar-refractivity contribution in [2.45, 2.75) is 20.8 Å². The smallest absolute Gasteiger partial charge is 0.340 e. The van der Waals surface area contributed by atoms with Gasteiger partial charge in [-0.1, -0.05) is 0 Å². The standard InChI is InChI=1S/C17H17FN2O4/c1-8-15(10(3)21)9(2)20-16(8)14(22)7-24-17(23)12-5-4-11(18)6-13(12)19/h4-6,20H,7,19H2,1-3H3. The van der Waals surface area contributed by atoms with Crippen LogP contribution in [0.2, 0.25) is 0 Å². The number of carbonyl (C=O) groups excluding carboxylic acids is 3. The number of aromatic nitrogens is 1. The van der Waals surface area contributed by atoms with E-state index in [1.165, 1.54) is 13.0 Å². The lowest BCUT2D eigenvalue weighted by molar-refractivity contribution is 0.0474. The molecule has 0 amide bonds. The summed E-state index contributed by atoms with van der Waals surface area (Å²) < 4.78 is 17.9. The summed E-state index contributed by atoms with van der Waals surface area (Å²) in [6.07, 6.45) is 0. The minimum Gasteiger partial charge on any atom is -0.454 e. The van der Waals surface area contributed by atoms with Gasteiger partial charge in [-0.2, -0.15) is 0 Å². The number of carbonyl (C=O) groups is 3. The van der Waals surface area contributed by atoms with E-state index < -0.39 is 24.2 Å².